The second-order valence-electron chi connectivity index (χ2n) is 8.08. The van der Waals surface area contributed by atoms with E-state index in [1.54, 1.807) is 11.0 Å². The van der Waals surface area contributed by atoms with Crippen LogP contribution in [0.15, 0.2) is 24.3 Å². The van der Waals surface area contributed by atoms with E-state index in [1.165, 1.54) is 17.8 Å². The highest BCUT2D eigenvalue weighted by molar-refractivity contribution is 8.02. The lowest BCUT2D eigenvalue weighted by Gasteiger charge is -2.44. The molecule has 1 unspecified atom stereocenters. The highest BCUT2D eigenvalue weighted by Gasteiger charge is 2.49. The Balaban J connectivity index is 1.76. The molecule has 0 aliphatic carbocycles. The van der Waals surface area contributed by atoms with E-state index in [-0.39, 0.29) is 29.2 Å². The average Bonchev–Trinajstić information content (AvgIpc) is 3.04. The van der Waals surface area contributed by atoms with Crippen molar-refractivity contribution < 1.29 is 22.8 Å². The highest BCUT2D eigenvalue weighted by Crippen LogP contribution is 2.47. The Bertz CT molecular complexity index is 776. The summed E-state index contributed by atoms with van der Waals surface area (Å²) >= 11 is 1.49. The lowest BCUT2D eigenvalue weighted by molar-refractivity contribution is -0.138. The van der Waals surface area contributed by atoms with Crippen molar-refractivity contribution in [2.45, 2.75) is 63.4 Å². The van der Waals surface area contributed by atoms with Crippen molar-refractivity contribution in [2.24, 2.45) is 5.92 Å². The lowest BCUT2D eigenvalue weighted by atomic mass is 9.95. The number of unbranched alkanes of at least 4 members (excludes halogenated alkanes) is 1. The number of hydrogen-bond donors (Lipinski definition) is 0. The van der Waals surface area contributed by atoms with Crippen LogP contribution in [-0.4, -0.2) is 40.4 Å². The quantitative estimate of drug-likeness (QED) is 0.599. The fourth-order valence-corrected chi connectivity index (χ4v) is 5.74. The average molecular weight is 443 g/mol. The molecule has 0 bridgehead atoms. The van der Waals surface area contributed by atoms with Crippen molar-refractivity contribution >= 4 is 29.3 Å². The first-order chi connectivity index (χ1) is 14.2. The van der Waals surface area contributed by atoms with Crippen LogP contribution in [-0.2, 0) is 15.8 Å². The molecule has 1 aromatic rings. The second kappa shape index (κ2) is 9.20. The van der Waals surface area contributed by atoms with E-state index in [9.17, 15) is 22.8 Å². The third-order valence-electron chi connectivity index (χ3n) is 6.16. The maximum atomic E-state index is 13.2. The van der Waals surface area contributed by atoms with Crippen molar-refractivity contribution in [3.8, 4) is 0 Å². The van der Waals surface area contributed by atoms with Crippen LogP contribution >= 0.6 is 11.8 Å². The van der Waals surface area contributed by atoms with Gasteiger partial charge in [-0.05, 0) is 43.9 Å². The topological polar surface area (TPSA) is 40.6 Å². The molecule has 2 heterocycles. The number of nitrogens with zero attached hydrogens (tertiary/aromatic N) is 2. The molecule has 1 atom stereocenters. The number of amides is 2. The Hall–Kier alpha value is -1.70. The number of likely N-dealkylation sites (tertiary alicyclic amines) is 1. The molecule has 1 spiro atoms. The molecular formula is C22H29F3N2O2S. The Morgan fingerprint density at radius 1 is 1.23 bits per heavy atom. The first kappa shape index (κ1) is 23.0. The summed E-state index contributed by atoms with van der Waals surface area (Å²) in [5, 5.41) is 0. The molecule has 2 fully saturated rings. The van der Waals surface area contributed by atoms with E-state index in [2.05, 4.69) is 6.92 Å². The van der Waals surface area contributed by atoms with Gasteiger partial charge >= 0.3 is 6.18 Å². The fraction of sp³-hybridized carbons (Fsp3) is 0.636. The number of carbonyl (C=O) groups is 2. The van der Waals surface area contributed by atoms with Gasteiger partial charge in [0.2, 0.25) is 11.8 Å². The van der Waals surface area contributed by atoms with E-state index >= 15 is 0 Å². The van der Waals surface area contributed by atoms with Gasteiger partial charge in [0.1, 0.15) is 0 Å². The van der Waals surface area contributed by atoms with Gasteiger partial charge in [-0.25, -0.2) is 0 Å². The summed E-state index contributed by atoms with van der Waals surface area (Å²) in [4.78, 5) is 28.4. The monoisotopic (exact) mass is 442 g/mol. The number of halogens is 3. The Labute approximate surface area is 180 Å². The number of benzene rings is 1. The molecule has 2 aliphatic heterocycles. The smallest absolute Gasteiger partial charge is 0.342 e. The van der Waals surface area contributed by atoms with E-state index in [4.69, 9.17) is 0 Å². The van der Waals surface area contributed by atoms with E-state index in [0.29, 0.717) is 25.9 Å². The number of alkyl halides is 3. The third kappa shape index (κ3) is 4.63. The molecule has 0 saturated carbocycles. The van der Waals surface area contributed by atoms with Crippen LogP contribution in [0.25, 0.3) is 0 Å². The summed E-state index contributed by atoms with van der Waals surface area (Å²) in [7, 11) is 0. The summed E-state index contributed by atoms with van der Waals surface area (Å²) in [5.41, 5.74) is -0.469. The van der Waals surface area contributed by atoms with Gasteiger partial charge in [0.15, 0.2) is 0 Å². The molecule has 0 aromatic heterocycles. The Kier molecular flexibility index (Phi) is 7.05. The third-order valence-corrected chi connectivity index (χ3v) is 7.68. The van der Waals surface area contributed by atoms with Crippen LogP contribution in [0.3, 0.4) is 0 Å². The summed E-state index contributed by atoms with van der Waals surface area (Å²) < 4.78 is 39.5. The number of hydrogen-bond acceptors (Lipinski definition) is 3. The summed E-state index contributed by atoms with van der Waals surface area (Å²) in [6.45, 7) is 5.19. The molecule has 1 aromatic carbocycles. The minimum atomic E-state index is -4.46. The van der Waals surface area contributed by atoms with Gasteiger partial charge in [0.25, 0.3) is 0 Å². The maximum Gasteiger partial charge on any atom is 0.416 e. The van der Waals surface area contributed by atoms with Gasteiger partial charge in [-0.2, -0.15) is 13.2 Å². The van der Waals surface area contributed by atoms with Gasteiger partial charge < -0.3 is 4.90 Å². The van der Waals surface area contributed by atoms with Crippen molar-refractivity contribution in [2.75, 3.05) is 23.7 Å². The number of thioether (sulfide) groups is 1. The van der Waals surface area contributed by atoms with Gasteiger partial charge in [0, 0.05) is 24.7 Å². The molecule has 2 amide bonds. The number of rotatable bonds is 6. The molecule has 0 N–H and O–H groups in total. The van der Waals surface area contributed by atoms with Crippen LogP contribution in [0, 0.1) is 5.92 Å². The number of anilines is 1. The molecule has 2 saturated heterocycles. The van der Waals surface area contributed by atoms with Gasteiger partial charge in [-0.1, -0.05) is 32.8 Å². The van der Waals surface area contributed by atoms with Crippen LogP contribution in [0.4, 0.5) is 18.9 Å². The summed E-state index contributed by atoms with van der Waals surface area (Å²) in [6, 6.07) is 4.99. The zero-order valence-electron chi connectivity index (χ0n) is 17.5. The number of carbonyl (C=O) groups excluding carboxylic acids is 2. The SMILES string of the molecule is CCCCC(CC)C(=O)N1CCC2(CC1)SCC(=O)N2c1cccc(C(F)(F)F)c1. The van der Waals surface area contributed by atoms with E-state index in [0.717, 1.165) is 37.8 Å². The van der Waals surface area contributed by atoms with Crippen molar-refractivity contribution in [1.29, 1.82) is 0 Å². The zero-order valence-corrected chi connectivity index (χ0v) is 18.3. The van der Waals surface area contributed by atoms with Crippen molar-refractivity contribution in [1.82, 2.24) is 4.90 Å². The predicted molar refractivity (Wildman–Crippen MR) is 113 cm³/mol. The van der Waals surface area contributed by atoms with E-state index < -0.39 is 16.6 Å². The highest BCUT2D eigenvalue weighted by atomic mass is 32.2. The minimum absolute atomic E-state index is 0.0245. The van der Waals surface area contributed by atoms with Gasteiger partial charge in [-0.3, -0.25) is 14.5 Å². The Morgan fingerprint density at radius 2 is 1.93 bits per heavy atom. The zero-order chi connectivity index (χ0) is 21.9. The van der Waals surface area contributed by atoms with Crippen LogP contribution in [0.2, 0.25) is 0 Å². The van der Waals surface area contributed by atoms with Crippen molar-refractivity contribution in [3.05, 3.63) is 29.8 Å². The molecule has 0 radical (unpaired) electrons. The van der Waals surface area contributed by atoms with E-state index in [1.807, 2.05) is 11.8 Å². The molecule has 3 rings (SSSR count). The first-order valence-corrected chi connectivity index (χ1v) is 11.6. The van der Waals surface area contributed by atoms with Crippen LogP contribution < -0.4 is 4.90 Å². The van der Waals surface area contributed by atoms with Gasteiger partial charge in [-0.15, -0.1) is 11.8 Å². The molecular weight excluding hydrogens is 413 g/mol. The predicted octanol–water partition coefficient (Wildman–Crippen LogP) is 5.32. The lowest BCUT2D eigenvalue weighted by Crippen LogP contribution is -2.54. The van der Waals surface area contributed by atoms with Crippen LogP contribution in [0.1, 0.15) is 57.9 Å². The molecule has 166 valence electrons. The minimum Gasteiger partial charge on any atom is -0.342 e. The molecule has 2 aliphatic rings. The maximum absolute atomic E-state index is 13.2. The Morgan fingerprint density at radius 3 is 2.53 bits per heavy atom. The standard InChI is InChI=1S/C22H29F3N2O2S/c1-3-5-7-16(4-2)20(29)26-12-10-21(11-13-26)27(19(28)15-30-21)18-9-6-8-17(14-18)22(23,24)25/h6,8-9,14,16H,3-5,7,10-13,15H2,1-2H3. The molecule has 4 nitrogen and oxygen atoms in total. The summed E-state index contributed by atoms with van der Waals surface area (Å²) in [6.07, 6.45) is 0.447. The normalized spacial score (nSPS) is 20.1. The molecule has 8 heteroatoms. The first-order valence-electron chi connectivity index (χ1n) is 10.6. The van der Waals surface area contributed by atoms with Gasteiger partial charge in [0.05, 0.1) is 16.2 Å². The fourth-order valence-electron chi connectivity index (χ4n) is 4.41. The summed E-state index contributed by atoms with van der Waals surface area (Å²) in [5.74, 6) is 0.267. The van der Waals surface area contributed by atoms with Crippen molar-refractivity contribution in [3.63, 3.8) is 0 Å². The largest absolute Gasteiger partial charge is 0.416 e. The molecule has 30 heavy (non-hydrogen) atoms. The number of piperidine rings is 1. The second-order valence-corrected chi connectivity index (χ2v) is 9.42. The van der Waals surface area contributed by atoms with Crippen LogP contribution in [0.5, 0.6) is 0 Å².